The number of halogens is 1. The minimum atomic E-state index is -0.116. The third-order valence-electron chi connectivity index (χ3n) is 2.99. The fourth-order valence-electron chi connectivity index (χ4n) is 2.09. The van der Waals surface area contributed by atoms with Gasteiger partial charge in [-0.2, -0.15) is 5.26 Å². The fraction of sp³-hybridized carbons (Fsp3) is 0.294. The number of thiophene rings is 1. The lowest BCUT2D eigenvalue weighted by molar-refractivity contribution is 0.0853. The molecule has 2 rings (SSSR count). The van der Waals surface area contributed by atoms with Gasteiger partial charge in [-0.05, 0) is 17.7 Å². The van der Waals surface area contributed by atoms with Crippen LogP contribution in [0.25, 0.3) is 11.1 Å². The topological polar surface area (TPSA) is 50.1 Å². The lowest BCUT2D eigenvalue weighted by Gasteiger charge is -2.05. The maximum Gasteiger partial charge on any atom is 0.199 e. The first kappa shape index (κ1) is 18.0. The minimum absolute atomic E-state index is 0.00223. The van der Waals surface area contributed by atoms with Crippen LogP contribution in [0, 0.1) is 11.3 Å². The van der Waals surface area contributed by atoms with E-state index >= 15 is 0 Å². The number of benzene rings is 1. The normalized spacial score (nSPS) is 10.8. The maximum absolute atomic E-state index is 12.4. The Balaban J connectivity index is 2.64. The van der Waals surface area contributed by atoms with E-state index in [0.717, 1.165) is 9.77 Å². The second-order valence-electron chi connectivity index (χ2n) is 5.11. The largest absolute Gasteiger partial charge is 0.376 e. The molecule has 1 aromatic heterocycles. The summed E-state index contributed by atoms with van der Waals surface area (Å²) >= 11 is 8.90. The Hall–Kier alpha value is -1.32. The van der Waals surface area contributed by atoms with Crippen molar-refractivity contribution in [3.05, 3.63) is 39.7 Å². The highest BCUT2D eigenvalue weighted by atomic mass is 35.5. The quantitative estimate of drug-likeness (QED) is 0.516. The van der Waals surface area contributed by atoms with E-state index in [-0.39, 0.29) is 12.4 Å². The molecule has 0 N–H and O–H groups in total. The Morgan fingerprint density at radius 1 is 1.39 bits per heavy atom. The first-order valence-electron chi connectivity index (χ1n) is 6.99. The molecule has 1 aromatic carbocycles. The van der Waals surface area contributed by atoms with Crippen LogP contribution in [-0.4, -0.2) is 24.7 Å². The van der Waals surface area contributed by atoms with Gasteiger partial charge in [0.1, 0.15) is 12.7 Å². The zero-order valence-corrected chi connectivity index (χ0v) is 15.4. The van der Waals surface area contributed by atoms with Gasteiger partial charge in [0.15, 0.2) is 5.78 Å². The highest BCUT2D eigenvalue weighted by Crippen LogP contribution is 2.43. The summed E-state index contributed by atoms with van der Waals surface area (Å²) in [4.78, 5) is 13.0. The molecular weight excluding hydrogens is 350 g/mol. The van der Waals surface area contributed by atoms with Crippen LogP contribution in [0.3, 0.4) is 0 Å². The molecule has 0 spiro atoms. The van der Waals surface area contributed by atoms with Crippen LogP contribution in [0.5, 0.6) is 0 Å². The number of thioether (sulfide) groups is 1. The molecule has 0 atom stereocenters. The van der Waals surface area contributed by atoms with Crippen LogP contribution in [-0.2, 0) is 4.74 Å². The number of carbonyl (C=O) groups is 1. The summed E-state index contributed by atoms with van der Waals surface area (Å²) in [5, 5.41) is 10.6. The Kier molecular flexibility index (Phi) is 6.25. The van der Waals surface area contributed by atoms with Gasteiger partial charge in [-0.25, -0.2) is 0 Å². The van der Waals surface area contributed by atoms with Crippen LogP contribution in [0.1, 0.15) is 29.1 Å². The summed E-state index contributed by atoms with van der Waals surface area (Å²) in [6, 6.07) is 9.45. The van der Waals surface area contributed by atoms with Crippen LogP contribution in [0.2, 0.25) is 5.02 Å². The number of nitriles is 1. The average molecular weight is 366 g/mol. The molecule has 120 valence electrons. The molecular formula is C17H16ClNO2S2. The van der Waals surface area contributed by atoms with Crippen molar-refractivity contribution in [2.45, 2.75) is 23.3 Å². The van der Waals surface area contributed by atoms with Crippen molar-refractivity contribution in [2.75, 3.05) is 13.7 Å². The van der Waals surface area contributed by atoms with Gasteiger partial charge in [0.05, 0.1) is 14.6 Å². The molecule has 2 aromatic rings. The second kappa shape index (κ2) is 7.98. The first-order chi connectivity index (χ1) is 11.0. The predicted molar refractivity (Wildman–Crippen MR) is 96.7 cm³/mol. The molecule has 0 saturated heterocycles. The molecule has 0 saturated carbocycles. The molecule has 0 aliphatic carbocycles. The van der Waals surface area contributed by atoms with Crippen molar-refractivity contribution in [3.8, 4) is 17.2 Å². The molecule has 23 heavy (non-hydrogen) atoms. The van der Waals surface area contributed by atoms with Crippen LogP contribution >= 0.6 is 34.7 Å². The third kappa shape index (κ3) is 4.15. The van der Waals surface area contributed by atoms with Gasteiger partial charge in [0.2, 0.25) is 0 Å². The summed E-state index contributed by atoms with van der Waals surface area (Å²) in [6.07, 6.45) is 0. The van der Waals surface area contributed by atoms with Crippen molar-refractivity contribution in [2.24, 2.45) is 0 Å². The number of carbonyl (C=O) groups excluding carboxylic acids is 1. The Bertz CT molecular complexity index is 745. The summed E-state index contributed by atoms with van der Waals surface area (Å²) in [5.74, 6) is -0.116. The van der Waals surface area contributed by atoms with Gasteiger partial charge >= 0.3 is 0 Å². The first-order valence-corrected chi connectivity index (χ1v) is 9.07. The van der Waals surface area contributed by atoms with E-state index in [2.05, 4.69) is 19.9 Å². The molecule has 6 heteroatoms. The van der Waals surface area contributed by atoms with E-state index in [0.29, 0.717) is 26.3 Å². The van der Waals surface area contributed by atoms with Crippen molar-refractivity contribution >= 4 is 40.5 Å². The monoisotopic (exact) mass is 365 g/mol. The molecule has 0 radical (unpaired) electrons. The van der Waals surface area contributed by atoms with Crippen LogP contribution < -0.4 is 0 Å². The zero-order chi connectivity index (χ0) is 17.0. The average Bonchev–Trinajstić information content (AvgIpc) is 2.86. The van der Waals surface area contributed by atoms with Crippen molar-refractivity contribution < 1.29 is 9.53 Å². The lowest BCUT2D eigenvalue weighted by atomic mass is 10.0. The number of ether oxygens (including phenoxy) is 1. The Morgan fingerprint density at radius 2 is 2.04 bits per heavy atom. The van der Waals surface area contributed by atoms with Crippen molar-refractivity contribution in [3.63, 3.8) is 0 Å². The van der Waals surface area contributed by atoms with E-state index in [1.54, 1.807) is 23.9 Å². The Labute approximate surface area is 149 Å². The van der Waals surface area contributed by atoms with Gasteiger partial charge in [-0.1, -0.05) is 37.6 Å². The fourth-order valence-corrected chi connectivity index (χ4v) is 4.86. The summed E-state index contributed by atoms with van der Waals surface area (Å²) in [5.41, 5.74) is 2.05. The molecule has 3 nitrogen and oxygen atoms in total. The number of Topliss-reactive ketones (excluding diaryl/α,β-unsaturated/α-hetero) is 1. The van der Waals surface area contributed by atoms with E-state index in [1.807, 2.05) is 12.1 Å². The molecule has 0 aliphatic heterocycles. The summed E-state index contributed by atoms with van der Waals surface area (Å²) in [6.45, 7) is 4.12. The van der Waals surface area contributed by atoms with E-state index in [4.69, 9.17) is 16.3 Å². The summed E-state index contributed by atoms with van der Waals surface area (Å²) < 4.78 is 5.85. The summed E-state index contributed by atoms with van der Waals surface area (Å²) in [7, 11) is 1.49. The molecule has 0 unspecified atom stereocenters. The molecule has 0 fully saturated rings. The van der Waals surface area contributed by atoms with E-state index in [9.17, 15) is 10.1 Å². The smallest absolute Gasteiger partial charge is 0.199 e. The van der Waals surface area contributed by atoms with E-state index in [1.165, 1.54) is 18.4 Å². The zero-order valence-electron chi connectivity index (χ0n) is 13.1. The van der Waals surface area contributed by atoms with Gasteiger partial charge < -0.3 is 4.74 Å². The molecule has 1 heterocycles. The van der Waals surface area contributed by atoms with Crippen molar-refractivity contribution in [1.29, 1.82) is 5.26 Å². The molecule has 0 amide bonds. The number of methoxy groups -OCH3 is 1. The van der Waals surface area contributed by atoms with Crippen LogP contribution in [0.4, 0.5) is 0 Å². The highest BCUT2D eigenvalue weighted by molar-refractivity contribution is 8.01. The van der Waals surface area contributed by atoms with Crippen molar-refractivity contribution in [1.82, 2.24) is 0 Å². The standard InChI is InChI=1S/C17H16ClNO2S2/c1-10(2)22-17-13(8-19)15(11-4-6-12(18)7-5-11)16(23-17)14(20)9-21-3/h4-7,10H,9H2,1-3H3. The van der Waals surface area contributed by atoms with E-state index < -0.39 is 0 Å². The van der Waals surface area contributed by atoms with Crippen LogP contribution in [0.15, 0.2) is 28.5 Å². The van der Waals surface area contributed by atoms with Gasteiger partial charge in [-0.15, -0.1) is 23.1 Å². The lowest BCUT2D eigenvalue weighted by Crippen LogP contribution is -2.06. The van der Waals surface area contributed by atoms with Gasteiger partial charge in [0.25, 0.3) is 0 Å². The number of nitrogens with zero attached hydrogens (tertiary/aromatic N) is 1. The number of ketones is 1. The molecule has 0 aliphatic rings. The SMILES string of the molecule is COCC(=O)c1sc(SC(C)C)c(C#N)c1-c1ccc(Cl)cc1. The second-order valence-corrected chi connectivity index (χ2v) is 8.41. The highest BCUT2D eigenvalue weighted by Gasteiger charge is 2.24. The number of hydrogen-bond acceptors (Lipinski definition) is 5. The van der Waals surface area contributed by atoms with Gasteiger partial charge in [0, 0.05) is 22.9 Å². The number of hydrogen-bond donors (Lipinski definition) is 0. The minimum Gasteiger partial charge on any atom is -0.376 e. The maximum atomic E-state index is 12.4. The number of rotatable bonds is 6. The molecule has 0 bridgehead atoms. The third-order valence-corrected chi connectivity index (χ3v) is 5.70. The Morgan fingerprint density at radius 3 is 2.57 bits per heavy atom. The predicted octanol–water partition coefficient (Wildman–Crippen LogP) is 5.27. The van der Waals surface area contributed by atoms with Gasteiger partial charge in [-0.3, -0.25) is 4.79 Å².